The predicted molar refractivity (Wildman–Crippen MR) is 77.3 cm³/mol. The second-order valence-corrected chi connectivity index (χ2v) is 4.66. The molecule has 0 aromatic carbocycles. The standard InChI is InChI=1S/2C6H10N2.C3H4O4/c2*1-3-6-7-4-5-8(6)2;4-2(5)1-3(6)7/h2*4-5H,3H2,1-2H3;1H2,(H,4,5)(H,6,7). The number of aromatic nitrogens is 4. The highest BCUT2D eigenvalue weighted by molar-refractivity contribution is 5.86. The summed E-state index contributed by atoms with van der Waals surface area (Å²) in [7, 11) is 4.07. The van der Waals surface area contributed by atoms with Gasteiger partial charge in [-0.1, -0.05) is 13.8 Å². The summed E-state index contributed by atoms with van der Waals surface area (Å²) in [5.74, 6) is -0.713. The number of imidazole rings is 2. The average Bonchev–Trinajstić information content (AvgIpc) is 3.06. The summed E-state index contributed by atoms with van der Waals surface area (Å²) in [6.07, 6.45) is 9.03. The summed E-state index contributed by atoms with van der Waals surface area (Å²) in [6, 6.07) is 0. The molecule has 0 bridgehead atoms. The molecule has 23 heavy (non-hydrogen) atoms. The van der Waals surface area contributed by atoms with Crippen LogP contribution in [0.2, 0.25) is 0 Å². The molecule has 128 valence electrons. The molecular formula is C15H24N4O4. The fraction of sp³-hybridized carbons (Fsp3) is 0.467. The third-order valence-corrected chi connectivity index (χ3v) is 2.91. The predicted octanol–water partition coefficient (Wildman–Crippen LogP) is -2.32. The van der Waals surface area contributed by atoms with Crippen molar-refractivity contribution in [3.8, 4) is 0 Å². The third-order valence-electron chi connectivity index (χ3n) is 2.91. The van der Waals surface area contributed by atoms with Crippen molar-refractivity contribution in [3.63, 3.8) is 0 Å². The molecule has 2 heterocycles. The lowest BCUT2D eigenvalue weighted by Crippen LogP contribution is -2.32. The molecule has 0 aliphatic rings. The van der Waals surface area contributed by atoms with Gasteiger partial charge in [-0.3, -0.25) is 0 Å². The van der Waals surface area contributed by atoms with Gasteiger partial charge >= 0.3 is 0 Å². The molecule has 2 N–H and O–H groups in total. The number of aliphatic carboxylic acids is 2. The highest BCUT2D eigenvalue weighted by Crippen LogP contribution is 1.83. The Balaban J connectivity index is 0.000000317. The van der Waals surface area contributed by atoms with Gasteiger partial charge in [-0.15, -0.1) is 0 Å². The van der Waals surface area contributed by atoms with Gasteiger partial charge in [0.1, 0.15) is 24.8 Å². The van der Waals surface area contributed by atoms with E-state index in [1.165, 1.54) is 11.6 Å². The van der Waals surface area contributed by atoms with Gasteiger partial charge in [-0.2, -0.15) is 0 Å². The third kappa shape index (κ3) is 9.07. The van der Waals surface area contributed by atoms with Crippen molar-refractivity contribution in [2.24, 2.45) is 14.1 Å². The maximum Gasteiger partial charge on any atom is 0.253 e. The van der Waals surface area contributed by atoms with Gasteiger partial charge in [0.05, 0.1) is 14.1 Å². The Bertz CT molecular complexity index is 552. The van der Waals surface area contributed by atoms with Gasteiger partial charge in [0.15, 0.2) is 0 Å². The topological polar surface area (TPSA) is 120 Å². The number of nitrogens with zero attached hydrogens (tertiary/aromatic N) is 2. The van der Waals surface area contributed by atoms with Crippen LogP contribution in [-0.2, 0) is 36.5 Å². The molecule has 0 aliphatic carbocycles. The maximum atomic E-state index is 9.28. The van der Waals surface area contributed by atoms with Gasteiger partial charge in [-0.05, 0) is 0 Å². The van der Waals surface area contributed by atoms with Crippen LogP contribution < -0.4 is 19.3 Å². The lowest BCUT2D eigenvalue weighted by Gasteiger charge is -1.99. The first-order valence-electron chi connectivity index (χ1n) is 7.25. The second-order valence-electron chi connectivity index (χ2n) is 4.66. The zero-order chi connectivity index (χ0) is 17.8. The summed E-state index contributed by atoms with van der Waals surface area (Å²) >= 11 is 0. The Morgan fingerprint density at radius 3 is 1.35 bits per heavy atom. The van der Waals surface area contributed by atoms with Crippen molar-refractivity contribution in [2.75, 3.05) is 0 Å². The first-order chi connectivity index (χ1) is 10.8. The zero-order valence-electron chi connectivity index (χ0n) is 14.0. The molecule has 0 radical (unpaired) electrons. The van der Waals surface area contributed by atoms with Crippen molar-refractivity contribution in [3.05, 3.63) is 36.4 Å². The molecule has 8 nitrogen and oxygen atoms in total. The number of carbonyl (C=O) groups is 2. The van der Waals surface area contributed by atoms with Crippen molar-refractivity contribution in [1.29, 1.82) is 0 Å². The number of H-pyrrole nitrogens is 2. The minimum atomic E-state index is -1.63. The Morgan fingerprint density at radius 1 is 0.913 bits per heavy atom. The normalized spacial score (nSPS) is 9.22. The van der Waals surface area contributed by atoms with Gasteiger partial charge in [0, 0.05) is 31.2 Å². The van der Waals surface area contributed by atoms with Crippen molar-refractivity contribution >= 4 is 11.9 Å². The molecule has 8 heteroatoms. The summed E-state index contributed by atoms with van der Waals surface area (Å²) in [4.78, 5) is 24.8. The van der Waals surface area contributed by atoms with Gasteiger partial charge in [-0.25, -0.2) is 19.1 Å². The summed E-state index contributed by atoms with van der Waals surface area (Å²) in [5.41, 5.74) is 0. The van der Waals surface area contributed by atoms with Crippen molar-refractivity contribution in [1.82, 2.24) is 9.97 Å². The van der Waals surface area contributed by atoms with Crippen molar-refractivity contribution < 1.29 is 28.9 Å². The van der Waals surface area contributed by atoms with Crippen LogP contribution in [0.4, 0.5) is 0 Å². The highest BCUT2D eigenvalue weighted by Gasteiger charge is 2.00. The van der Waals surface area contributed by atoms with Crippen LogP contribution in [0.3, 0.4) is 0 Å². The Morgan fingerprint density at radius 2 is 1.26 bits per heavy atom. The SMILES string of the molecule is CCc1[nH]cc[n+]1C.CCc1[nH]cc[n+]1C.O=C([O-])CC(=O)[O-]. The van der Waals surface area contributed by atoms with Crippen LogP contribution in [0.1, 0.15) is 31.9 Å². The lowest BCUT2D eigenvalue weighted by molar-refractivity contribution is -0.677. The van der Waals surface area contributed by atoms with Crippen molar-refractivity contribution in [2.45, 2.75) is 33.1 Å². The fourth-order valence-corrected chi connectivity index (χ4v) is 1.69. The quantitative estimate of drug-likeness (QED) is 0.484. The van der Waals surface area contributed by atoms with E-state index in [-0.39, 0.29) is 0 Å². The molecule has 0 unspecified atom stereocenters. The van der Waals surface area contributed by atoms with Gasteiger partial charge < -0.3 is 19.8 Å². The maximum absolute atomic E-state index is 9.28. The number of carboxylic acids is 2. The minimum Gasteiger partial charge on any atom is -0.550 e. The molecule has 0 saturated heterocycles. The molecule has 2 aromatic rings. The highest BCUT2D eigenvalue weighted by atomic mass is 16.4. The molecule has 2 aromatic heterocycles. The Hall–Kier alpha value is -2.64. The molecule has 0 amide bonds. The van der Waals surface area contributed by atoms with Crippen LogP contribution >= 0.6 is 0 Å². The first kappa shape index (κ1) is 20.4. The number of aromatic amines is 2. The molecule has 0 atom stereocenters. The van der Waals surface area contributed by atoms with E-state index in [1.807, 2.05) is 38.9 Å². The second kappa shape index (κ2) is 11.0. The molecule has 0 spiro atoms. The number of carbonyl (C=O) groups excluding carboxylic acids is 2. The summed E-state index contributed by atoms with van der Waals surface area (Å²) in [5, 5.41) is 18.6. The molecule has 2 rings (SSSR count). The van der Waals surface area contributed by atoms with Gasteiger partial charge in [0.2, 0.25) is 0 Å². The smallest absolute Gasteiger partial charge is 0.253 e. The van der Waals surface area contributed by atoms with E-state index in [4.69, 9.17) is 0 Å². The van der Waals surface area contributed by atoms with E-state index in [1.54, 1.807) is 0 Å². The fourth-order valence-electron chi connectivity index (χ4n) is 1.69. The largest absolute Gasteiger partial charge is 0.550 e. The summed E-state index contributed by atoms with van der Waals surface area (Å²) < 4.78 is 4.17. The Labute approximate surface area is 135 Å². The van der Waals surface area contributed by atoms with E-state index in [9.17, 15) is 19.8 Å². The van der Waals surface area contributed by atoms with E-state index in [0.717, 1.165) is 12.8 Å². The zero-order valence-corrected chi connectivity index (χ0v) is 14.0. The van der Waals surface area contributed by atoms with Crippen LogP contribution in [-0.4, -0.2) is 21.9 Å². The number of hydrogen-bond donors (Lipinski definition) is 2. The van der Waals surface area contributed by atoms with Crippen LogP contribution in [0, 0.1) is 0 Å². The first-order valence-corrected chi connectivity index (χ1v) is 7.25. The van der Waals surface area contributed by atoms with Crippen LogP contribution in [0.25, 0.3) is 0 Å². The number of aryl methyl sites for hydroxylation is 4. The number of rotatable bonds is 4. The molecule has 0 fully saturated rings. The number of carboxylic acid groups (broad SMARTS) is 2. The number of nitrogens with one attached hydrogen (secondary N) is 2. The Kier molecular flexibility index (Phi) is 9.74. The molecule has 0 aliphatic heterocycles. The lowest BCUT2D eigenvalue weighted by atomic mass is 10.5. The monoisotopic (exact) mass is 324 g/mol. The van der Waals surface area contributed by atoms with E-state index >= 15 is 0 Å². The van der Waals surface area contributed by atoms with Crippen LogP contribution in [0.15, 0.2) is 24.8 Å². The average molecular weight is 324 g/mol. The van der Waals surface area contributed by atoms with Crippen LogP contribution in [0.5, 0.6) is 0 Å². The van der Waals surface area contributed by atoms with E-state index in [2.05, 4.69) is 32.9 Å². The molecular weight excluding hydrogens is 300 g/mol. The summed E-state index contributed by atoms with van der Waals surface area (Å²) in [6.45, 7) is 4.26. The van der Waals surface area contributed by atoms with E-state index in [0.29, 0.717) is 0 Å². The van der Waals surface area contributed by atoms with E-state index < -0.39 is 18.4 Å². The molecule has 0 saturated carbocycles. The number of hydrogen-bond acceptors (Lipinski definition) is 4. The minimum absolute atomic E-state index is 1.03. The van der Waals surface area contributed by atoms with Gasteiger partial charge in [0.25, 0.3) is 11.6 Å².